The van der Waals surface area contributed by atoms with Gasteiger partial charge in [0, 0.05) is 23.5 Å². The van der Waals surface area contributed by atoms with E-state index in [9.17, 15) is 0 Å². The molecule has 0 unspecified atom stereocenters. The molecule has 4 heteroatoms. The highest BCUT2D eigenvalue weighted by Gasteiger charge is 2.31. The molecule has 262 valence electrons. The molecule has 1 aromatic heterocycles. The first-order valence-electron chi connectivity index (χ1n) is 18.8. The Hall–Kier alpha value is -6.26. The summed E-state index contributed by atoms with van der Waals surface area (Å²) in [5.74, 6) is 0.760. The van der Waals surface area contributed by atoms with E-state index in [0.29, 0.717) is 0 Å². The minimum atomic E-state index is 0.0490. The number of fused-ring (bicyclic) bond motifs is 1. The summed E-state index contributed by atoms with van der Waals surface area (Å²) in [4.78, 5) is 11.7. The third kappa shape index (κ3) is 6.50. The summed E-state index contributed by atoms with van der Waals surface area (Å²) in [6.07, 6.45) is 5.36. The molecule has 0 aliphatic heterocycles. The van der Waals surface area contributed by atoms with Crippen LogP contribution in [0.5, 0.6) is 0 Å². The van der Waals surface area contributed by atoms with Gasteiger partial charge < -0.3 is 0 Å². The highest BCUT2D eigenvalue weighted by atomic mass is 15.2. The van der Waals surface area contributed by atoms with Gasteiger partial charge in [0.25, 0.3) is 0 Å². The van der Waals surface area contributed by atoms with Crippen LogP contribution in [-0.4, -0.2) is 16.7 Å². The van der Waals surface area contributed by atoms with Crippen molar-refractivity contribution in [1.82, 2.24) is 9.97 Å². The Balaban J connectivity index is 1.36. The van der Waals surface area contributed by atoms with Gasteiger partial charge in [0.15, 0.2) is 5.82 Å². The van der Waals surface area contributed by atoms with Gasteiger partial charge in [0.2, 0.25) is 6.71 Å². The van der Waals surface area contributed by atoms with Gasteiger partial charge in [-0.2, -0.15) is 0 Å². The molecule has 0 bridgehead atoms. The predicted octanol–water partition coefficient (Wildman–Crippen LogP) is 10.8. The van der Waals surface area contributed by atoms with E-state index in [2.05, 4.69) is 191 Å². The van der Waals surface area contributed by atoms with Crippen molar-refractivity contribution in [3.05, 3.63) is 191 Å². The zero-order valence-electron chi connectivity index (χ0n) is 31.9. The van der Waals surface area contributed by atoms with Crippen LogP contribution in [0.4, 0.5) is 17.2 Å². The van der Waals surface area contributed by atoms with Crippen molar-refractivity contribution in [2.45, 2.75) is 41.5 Å². The lowest BCUT2D eigenvalue weighted by molar-refractivity contribution is 1.13. The van der Waals surface area contributed by atoms with Gasteiger partial charge in [-0.25, -0.2) is 4.98 Å². The van der Waals surface area contributed by atoms with Crippen LogP contribution < -0.4 is 21.3 Å². The molecule has 1 heterocycles. The minimum absolute atomic E-state index is 0.0490. The predicted molar refractivity (Wildman–Crippen MR) is 231 cm³/mol. The SMILES string of the molecule is Cc1cc(C)c(B(c2c(C)cc(C)cc2C)c2ccc(N(c3cccc(-c4ccccc4-c4ccccc4)c3)c3cnccn3)c3ccccc23)c(C)c1. The number of rotatable bonds is 8. The number of nitrogens with zero attached hydrogens (tertiary/aromatic N) is 3. The molecule has 3 nitrogen and oxygen atoms in total. The Labute approximate surface area is 320 Å². The van der Waals surface area contributed by atoms with E-state index in [1.165, 1.54) is 71.8 Å². The van der Waals surface area contributed by atoms with Crippen LogP contribution in [0, 0.1) is 41.5 Å². The van der Waals surface area contributed by atoms with E-state index in [4.69, 9.17) is 4.98 Å². The van der Waals surface area contributed by atoms with Gasteiger partial charge in [-0.1, -0.05) is 171 Å². The van der Waals surface area contributed by atoms with Gasteiger partial charge in [-0.15, -0.1) is 0 Å². The number of hydrogen-bond acceptors (Lipinski definition) is 3. The maximum Gasteiger partial charge on any atom is 0.243 e. The molecule has 0 N–H and O–H groups in total. The number of aromatic nitrogens is 2. The molecular formula is C50H44BN3. The fourth-order valence-electron chi connectivity index (χ4n) is 8.72. The molecule has 0 atom stereocenters. The molecule has 8 aromatic rings. The molecule has 8 rings (SSSR count). The summed E-state index contributed by atoms with van der Waals surface area (Å²) in [5, 5.41) is 2.38. The summed E-state index contributed by atoms with van der Waals surface area (Å²) in [7, 11) is 0. The van der Waals surface area contributed by atoms with Gasteiger partial charge in [0.05, 0.1) is 11.9 Å². The second-order valence-electron chi connectivity index (χ2n) is 14.6. The third-order valence-corrected chi connectivity index (χ3v) is 10.7. The first-order chi connectivity index (χ1) is 26.3. The van der Waals surface area contributed by atoms with Crippen molar-refractivity contribution in [3.8, 4) is 22.3 Å². The molecular weight excluding hydrogens is 653 g/mol. The molecule has 0 aliphatic carbocycles. The van der Waals surface area contributed by atoms with Crippen LogP contribution in [0.25, 0.3) is 33.0 Å². The average Bonchev–Trinajstić information content (AvgIpc) is 3.18. The summed E-state index contributed by atoms with van der Waals surface area (Å²) in [6, 6.07) is 50.9. The maximum atomic E-state index is 4.89. The standard InChI is InChI=1S/C50H44BN3/c1-33-27-35(3)49(36(4)28-33)51(50-37(5)29-34(2)30-38(50)6)46-23-24-47(45-22-13-12-21-44(45)46)54(48-32-52-25-26-53-48)41-18-14-17-40(31-41)43-20-11-10-19-42(43)39-15-8-7-9-16-39/h7-32H,1-6H3. The molecule has 0 radical (unpaired) electrons. The summed E-state index contributed by atoms with van der Waals surface area (Å²) >= 11 is 0. The van der Waals surface area contributed by atoms with Gasteiger partial charge in [-0.3, -0.25) is 9.88 Å². The Morgan fingerprint density at radius 1 is 0.481 bits per heavy atom. The molecule has 0 saturated carbocycles. The van der Waals surface area contributed by atoms with Crippen LogP contribution in [-0.2, 0) is 0 Å². The molecule has 0 spiro atoms. The highest BCUT2D eigenvalue weighted by Crippen LogP contribution is 2.40. The minimum Gasteiger partial charge on any atom is -0.293 e. The van der Waals surface area contributed by atoms with E-state index in [1.54, 1.807) is 12.4 Å². The van der Waals surface area contributed by atoms with E-state index in [-0.39, 0.29) is 6.71 Å². The topological polar surface area (TPSA) is 29.0 Å². The number of hydrogen-bond donors (Lipinski definition) is 0. The third-order valence-electron chi connectivity index (χ3n) is 10.7. The summed E-state index contributed by atoms with van der Waals surface area (Å²) in [6.45, 7) is 13.5. The molecule has 0 saturated heterocycles. The largest absolute Gasteiger partial charge is 0.293 e. The van der Waals surface area contributed by atoms with Crippen molar-refractivity contribution in [1.29, 1.82) is 0 Å². The zero-order valence-corrected chi connectivity index (χ0v) is 31.9. The number of anilines is 3. The molecule has 7 aromatic carbocycles. The monoisotopic (exact) mass is 697 g/mol. The van der Waals surface area contributed by atoms with Crippen molar-refractivity contribution < 1.29 is 0 Å². The van der Waals surface area contributed by atoms with Crippen molar-refractivity contribution in [2.75, 3.05) is 4.90 Å². The lowest BCUT2D eigenvalue weighted by atomic mass is 9.33. The van der Waals surface area contributed by atoms with Crippen molar-refractivity contribution in [3.63, 3.8) is 0 Å². The smallest absolute Gasteiger partial charge is 0.243 e. The maximum absolute atomic E-state index is 4.89. The van der Waals surface area contributed by atoms with E-state index in [1.807, 2.05) is 6.20 Å². The van der Waals surface area contributed by atoms with Crippen molar-refractivity contribution >= 4 is 51.1 Å². The van der Waals surface area contributed by atoms with Crippen LogP contribution in [0.2, 0.25) is 0 Å². The lowest BCUT2D eigenvalue weighted by Gasteiger charge is -2.29. The van der Waals surface area contributed by atoms with Gasteiger partial charge >= 0.3 is 0 Å². The zero-order chi connectivity index (χ0) is 37.3. The average molecular weight is 698 g/mol. The van der Waals surface area contributed by atoms with Crippen molar-refractivity contribution in [2.24, 2.45) is 0 Å². The highest BCUT2D eigenvalue weighted by molar-refractivity contribution is 6.98. The quantitative estimate of drug-likeness (QED) is 0.148. The lowest BCUT2D eigenvalue weighted by Crippen LogP contribution is -2.56. The molecule has 0 aliphatic rings. The van der Waals surface area contributed by atoms with Crippen LogP contribution >= 0.6 is 0 Å². The van der Waals surface area contributed by atoms with E-state index < -0.39 is 0 Å². The molecule has 0 fully saturated rings. The van der Waals surface area contributed by atoms with Gasteiger partial charge in [0.1, 0.15) is 0 Å². The molecule has 0 amide bonds. The Bertz CT molecular complexity index is 2530. The Kier molecular flexibility index (Phi) is 9.44. The summed E-state index contributed by atoms with van der Waals surface area (Å²) < 4.78 is 0. The first kappa shape index (κ1) is 34.8. The second kappa shape index (κ2) is 14.6. The first-order valence-corrected chi connectivity index (χ1v) is 18.8. The van der Waals surface area contributed by atoms with Crippen LogP contribution in [0.3, 0.4) is 0 Å². The summed E-state index contributed by atoms with van der Waals surface area (Å²) in [5.41, 5.74) is 18.7. The second-order valence-corrected chi connectivity index (χ2v) is 14.6. The van der Waals surface area contributed by atoms with Gasteiger partial charge in [-0.05, 0) is 87.4 Å². The number of benzene rings is 7. The molecule has 54 heavy (non-hydrogen) atoms. The fourth-order valence-corrected chi connectivity index (χ4v) is 8.72. The van der Waals surface area contributed by atoms with Crippen LogP contribution in [0.15, 0.2) is 158 Å². The Morgan fingerprint density at radius 2 is 1.04 bits per heavy atom. The number of aryl methyl sites for hydroxylation is 6. The van der Waals surface area contributed by atoms with Crippen LogP contribution in [0.1, 0.15) is 33.4 Å². The fraction of sp³-hybridized carbons (Fsp3) is 0.120. The van der Waals surface area contributed by atoms with E-state index in [0.717, 1.165) is 28.1 Å². The normalized spacial score (nSPS) is 11.1. The van der Waals surface area contributed by atoms with E-state index >= 15 is 0 Å². The Morgan fingerprint density at radius 3 is 1.65 bits per heavy atom.